The predicted octanol–water partition coefficient (Wildman–Crippen LogP) is 3.48. The van der Waals surface area contributed by atoms with E-state index in [9.17, 15) is 9.59 Å². The molecule has 0 aliphatic heterocycles. The van der Waals surface area contributed by atoms with E-state index < -0.39 is 0 Å². The molecule has 27 heavy (non-hydrogen) atoms. The van der Waals surface area contributed by atoms with E-state index in [4.69, 9.17) is 0 Å². The highest BCUT2D eigenvalue weighted by atomic mass is 16.2. The molecule has 0 fully saturated rings. The number of hydrogen-bond acceptors (Lipinski definition) is 3. The zero-order valence-electron chi connectivity index (χ0n) is 16.0. The summed E-state index contributed by atoms with van der Waals surface area (Å²) in [5.74, 6) is -0.174. The Balaban J connectivity index is 1.86. The second-order valence-electron chi connectivity index (χ2n) is 6.77. The summed E-state index contributed by atoms with van der Waals surface area (Å²) in [6.07, 6.45) is 0. The van der Waals surface area contributed by atoms with Crippen LogP contribution in [-0.4, -0.2) is 35.8 Å². The van der Waals surface area contributed by atoms with Crippen LogP contribution in [0.5, 0.6) is 0 Å². The standard InChI is InChI=1S/C22H23N3O2/c1-14-5-10-20-18(11-14)19(12-15(2)24-20)22(27)25(4)13-16-6-8-17(9-7-16)21(26)23-3/h5-12H,13H2,1-4H3,(H,23,26). The van der Waals surface area contributed by atoms with Gasteiger partial charge in [0.15, 0.2) is 0 Å². The zero-order chi connectivity index (χ0) is 19.6. The smallest absolute Gasteiger partial charge is 0.254 e. The first kappa shape index (κ1) is 18.6. The van der Waals surface area contributed by atoms with Gasteiger partial charge in [0, 0.05) is 37.3 Å². The molecule has 0 atom stereocenters. The van der Waals surface area contributed by atoms with Gasteiger partial charge in [-0.2, -0.15) is 0 Å². The molecule has 5 nitrogen and oxygen atoms in total. The summed E-state index contributed by atoms with van der Waals surface area (Å²) in [6, 6.07) is 15.1. The Hall–Kier alpha value is -3.21. The maximum atomic E-state index is 13.1. The molecular formula is C22H23N3O2. The van der Waals surface area contributed by atoms with E-state index in [0.717, 1.165) is 27.7 Å². The van der Waals surface area contributed by atoms with Crippen LogP contribution >= 0.6 is 0 Å². The molecule has 0 aliphatic rings. The van der Waals surface area contributed by atoms with Crippen molar-refractivity contribution in [3.8, 4) is 0 Å². The molecule has 0 radical (unpaired) electrons. The second-order valence-corrected chi connectivity index (χ2v) is 6.77. The summed E-state index contributed by atoms with van der Waals surface area (Å²) >= 11 is 0. The minimum absolute atomic E-state index is 0.0496. The number of carbonyl (C=O) groups excluding carboxylic acids is 2. The maximum absolute atomic E-state index is 13.1. The molecule has 3 aromatic rings. The quantitative estimate of drug-likeness (QED) is 0.774. The lowest BCUT2D eigenvalue weighted by Crippen LogP contribution is -2.26. The van der Waals surface area contributed by atoms with Gasteiger partial charge in [-0.3, -0.25) is 14.6 Å². The van der Waals surface area contributed by atoms with Crippen LogP contribution < -0.4 is 5.32 Å². The fraction of sp³-hybridized carbons (Fsp3) is 0.227. The van der Waals surface area contributed by atoms with E-state index >= 15 is 0 Å². The summed E-state index contributed by atoms with van der Waals surface area (Å²) in [4.78, 5) is 30.9. The highest BCUT2D eigenvalue weighted by Gasteiger charge is 2.17. The predicted molar refractivity (Wildman–Crippen MR) is 107 cm³/mol. The van der Waals surface area contributed by atoms with Gasteiger partial charge in [-0.15, -0.1) is 0 Å². The lowest BCUT2D eigenvalue weighted by atomic mass is 10.0. The van der Waals surface area contributed by atoms with E-state index in [0.29, 0.717) is 17.7 Å². The Labute approximate surface area is 159 Å². The van der Waals surface area contributed by atoms with Gasteiger partial charge in [-0.25, -0.2) is 0 Å². The first-order valence-corrected chi connectivity index (χ1v) is 8.83. The number of nitrogens with one attached hydrogen (secondary N) is 1. The van der Waals surface area contributed by atoms with Crippen LogP contribution in [0.1, 0.15) is 37.5 Å². The molecule has 138 valence electrons. The highest BCUT2D eigenvalue weighted by Crippen LogP contribution is 2.22. The largest absolute Gasteiger partial charge is 0.355 e. The Morgan fingerprint density at radius 3 is 2.41 bits per heavy atom. The Morgan fingerprint density at radius 1 is 1.04 bits per heavy atom. The van der Waals surface area contributed by atoms with Gasteiger partial charge in [0.05, 0.1) is 11.1 Å². The van der Waals surface area contributed by atoms with Gasteiger partial charge >= 0.3 is 0 Å². The third kappa shape index (κ3) is 3.97. The van der Waals surface area contributed by atoms with Crippen molar-refractivity contribution in [3.63, 3.8) is 0 Å². The molecule has 5 heteroatoms. The number of aryl methyl sites for hydroxylation is 2. The molecule has 2 aromatic carbocycles. The number of nitrogens with zero attached hydrogens (tertiary/aromatic N) is 2. The number of carbonyl (C=O) groups is 2. The number of amides is 2. The number of aromatic nitrogens is 1. The van der Waals surface area contributed by atoms with Crippen molar-refractivity contribution in [1.29, 1.82) is 0 Å². The highest BCUT2D eigenvalue weighted by molar-refractivity contribution is 6.06. The van der Waals surface area contributed by atoms with Crippen molar-refractivity contribution < 1.29 is 9.59 Å². The fourth-order valence-corrected chi connectivity index (χ4v) is 3.11. The van der Waals surface area contributed by atoms with E-state index in [2.05, 4.69) is 10.3 Å². The van der Waals surface area contributed by atoms with Gasteiger partial charge in [-0.05, 0) is 49.7 Å². The van der Waals surface area contributed by atoms with Gasteiger partial charge in [-0.1, -0.05) is 23.8 Å². The van der Waals surface area contributed by atoms with Crippen molar-refractivity contribution in [2.75, 3.05) is 14.1 Å². The normalized spacial score (nSPS) is 10.7. The number of hydrogen-bond donors (Lipinski definition) is 1. The molecule has 0 spiro atoms. The first-order valence-electron chi connectivity index (χ1n) is 8.83. The number of benzene rings is 2. The van der Waals surface area contributed by atoms with Crippen LogP contribution in [0, 0.1) is 13.8 Å². The van der Waals surface area contributed by atoms with E-state index in [1.54, 1.807) is 31.1 Å². The molecule has 3 rings (SSSR count). The van der Waals surface area contributed by atoms with Crippen molar-refractivity contribution in [1.82, 2.24) is 15.2 Å². The monoisotopic (exact) mass is 361 g/mol. The zero-order valence-corrected chi connectivity index (χ0v) is 16.0. The van der Waals surface area contributed by atoms with Crippen LogP contribution in [0.15, 0.2) is 48.5 Å². The second kappa shape index (κ2) is 7.58. The average molecular weight is 361 g/mol. The Bertz CT molecular complexity index is 1010. The van der Waals surface area contributed by atoms with Crippen molar-refractivity contribution in [2.45, 2.75) is 20.4 Å². The van der Waals surface area contributed by atoms with Crippen molar-refractivity contribution in [3.05, 3.63) is 76.5 Å². The summed E-state index contributed by atoms with van der Waals surface area (Å²) in [5, 5.41) is 3.47. The summed E-state index contributed by atoms with van der Waals surface area (Å²) in [7, 11) is 3.39. The molecular weight excluding hydrogens is 338 g/mol. The van der Waals surface area contributed by atoms with Crippen molar-refractivity contribution >= 4 is 22.7 Å². The van der Waals surface area contributed by atoms with Gasteiger partial charge < -0.3 is 10.2 Å². The molecule has 2 amide bonds. The van der Waals surface area contributed by atoms with Crippen LogP contribution in [0.3, 0.4) is 0 Å². The molecule has 1 aromatic heterocycles. The topological polar surface area (TPSA) is 62.3 Å². The summed E-state index contributed by atoms with van der Waals surface area (Å²) in [5.41, 5.74) is 4.96. The van der Waals surface area contributed by atoms with Crippen molar-refractivity contribution in [2.24, 2.45) is 0 Å². The minimum atomic E-state index is -0.125. The van der Waals surface area contributed by atoms with Gasteiger partial charge in [0.1, 0.15) is 0 Å². The average Bonchev–Trinajstić information content (AvgIpc) is 2.67. The summed E-state index contributed by atoms with van der Waals surface area (Å²) < 4.78 is 0. The van der Waals surface area contributed by atoms with E-state index in [1.807, 2.05) is 50.2 Å². The molecule has 1 N–H and O–H groups in total. The first-order chi connectivity index (χ1) is 12.9. The van der Waals surface area contributed by atoms with Crippen LogP contribution in [0.2, 0.25) is 0 Å². The van der Waals surface area contributed by atoms with Crippen LogP contribution in [0.4, 0.5) is 0 Å². The van der Waals surface area contributed by atoms with Gasteiger partial charge in [0.2, 0.25) is 0 Å². The third-order valence-corrected chi connectivity index (χ3v) is 4.53. The number of rotatable bonds is 4. The molecule has 1 heterocycles. The Kier molecular flexibility index (Phi) is 5.21. The molecule has 0 saturated heterocycles. The summed E-state index contributed by atoms with van der Waals surface area (Å²) in [6.45, 7) is 4.36. The molecule has 0 aliphatic carbocycles. The number of fused-ring (bicyclic) bond motifs is 1. The van der Waals surface area contributed by atoms with E-state index in [1.165, 1.54) is 0 Å². The fourth-order valence-electron chi connectivity index (χ4n) is 3.11. The Morgan fingerprint density at radius 2 is 1.74 bits per heavy atom. The maximum Gasteiger partial charge on any atom is 0.254 e. The molecule has 0 bridgehead atoms. The lowest BCUT2D eigenvalue weighted by molar-refractivity contribution is 0.0786. The number of pyridine rings is 1. The van der Waals surface area contributed by atoms with Crippen LogP contribution in [0.25, 0.3) is 10.9 Å². The van der Waals surface area contributed by atoms with E-state index in [-0.39, 0.29) is 11.8 Å². The SMILES string of the molecule is CNC(=O)c1ccc(CN(C)C(=O)c2cc(C)nc3ccc(C)cc23)cc1. The molecule has 0 unspecified atom stereocenters. The van der Waals surface area contributed by atoms with Gasteiger partial charge in [0.25, 0.3) is 11.8 Å². The minimum Gasteiger partial charge on any atom is -0.355 e. The van der Waals surface area contributed by atoms with Crippen LogP contribution in [-0.2, 0) is 6.54 Å². The lowest BCUT2D eigenvalue weighted by Gasteiger charge is -2.19. The molecule has 0 saturated carbocycles. The third-order valence-electron chi connectivity index (χ3n) is 4.53.